The molecule has 0 atom stereocenters. The van der Waals surface area contributed by atoms with Crippen molar-refractivity contribution in [3.05, 3.63) is 59.5 Å². The smallest absolute Gasteiger partial charge is 0.338 e. The predicted octanol–water partition coefficient (Wildman–Crippen LogP) is 2.70. The number of esters is 1. The second kappa shape index (κ2) is 7.45. The third-order valence-corrected chi connectivity index (χ3v) is 2.97. The summed E-state index contributed by atoms with van der Waals surface area (Å²) >= 11 is 0. The van der Waals surface area contributed by atoms with Crippen molar-refractivity contribution in [3.63, 3.8) is 0 Å². The molecule has 0 fully saturated rings. The van der Waals surface area contributed by atoms with Crippen molar-refractivity contribution in [1.82, 2.24) is 5.32 Å². The van der Waals surface area contributed by atoms with Crippen molar-refractivity contribution in [3.8, 4) is 0 Å². The Labute approximate surface area is 129 Å². The standard InChI is InChI=1S/C17H19NO4/c1-12(2)22-17(20)15-8-4-3-6-13(15)10-16(19)18-11-14-7-5-9-21-14/h3-9,12H,10-11H2,1-2H3,(H,18,19). The van der Waals surface area contributed by atoms with Gasteiger partial charge in [0.15, 0.2) is 0 Å². The molecular formula is C17H19NO4. The van der Waals surface area contributed by atoms with E-state index in [2.05, 4.69) is 5.32 Å². The lowest BCUT2D eigenvalue weighted by atomic mass is 10.0. The van der Waals surface area contributed by atoms with Crippen molar-refractivity contribution in [1.29, 1.82) is 0 Å². The SMILES string of the molecule is CC(C)OC(=O)c1ccccc1CC(=O)NCc1ccco1. The van der Waals surface area contributed by atoms with Crippen LogP contribution in [0, 0.1) is 0 Å². The monoisotopic (exact) mass is 301 g/mol. The zero-order valence-electron chi connectivity index (χ0n) is 12.7. The van der Waals surface area contributed by atoms with E-state index in [9.17, 15) is 9.59 Å². The van der Waals surface area contributed by atoms with E-state index < -0.39 is 5.97 Å². The van der Waals surface area contributed by atoms with E-state index in [1.807, 2.05) is 0 Å². The van der Waals surface area contributed by atoms with Gasteiger partial charge in [0.2, 0.25) is 5.91 Å². The van der Waals surface area contributed by atoms with Crippen LogP contribution in [0.25, 0.3) is 0 Å². The van der Waals surface area contributed by atoms with Gasteiger partial charge in [0.1, 0.15) is 5.76 Å². The number of carbonyl (C=O) groups excluding carboxylic acids is 2. The van der Waals surface area contributed by atoms with Gasteiger partial charge in [-0.1, -0.05) is 18.2 Å². The fraction of sp³-hybridized carbons (Fsp3) is 0.294. The second-order valence-electron chi connectivity index (χ2n) is 5.14. The summed E-state index contributed by atoms with van der Waals surface area (Å²) in [6, 6.07) is 10.5. The quantitative estimate of drug-likeness (QED) is 0.833. The maximum absolute atomic E-state index is 12.0. The van der Waals surface area contributed by atoms with Crippen LogP contribution in [-0.2, 0) is 22.5 Å². The second-order valence-corrected chi connectivity index (χ2v) is 5.14. The number of rotatable bonds is 6. The van der Waals surface area contributed by atoms with Crippen molar-refractivity contribution in [2.45, 2.75) is 32.9 Å². The molecule has 1 aromatic carbocycles. The Hall–Kier alpha value is -2.56. The van der Waals surface area contributed by atoms with Gasteiger partial charge in [-0.15, -0.1) is 0 Å². The van der Waals surface area contributed by atoms with E-state index in [-0.39, 0.29) is 18.4 Å². The maximum Gasteiger partial charge on any atom is 0.338 e. The molecule has 116 valence electrons. The summed E-state index contributed by atoms with van der Waals surface area (Å²) in [4.78, 5) is 24.0. The molecule has 0 aliphatic carbocycles. The number of nitrogens with one attached hydrogen (secondary N) is 1. The average Bonchev–Trinajstić information content (AvgIpc) is 2.98. The molecule has 2 rings (SSSR count). The van der Waals surface area contributed by atoms with Crippen LogP contribution in [0.2, 0.25) is 0 Å². The van der Waals surface area contributed by atoms with Gasteiger partial charge in [-0.25, -0.2) is 4.79 Å². The molecular weight excluding hydrogens is 282 g/mol. The Bertz CT molecular complexity index is 632. The highest BCUT2D eigenvalue weighted by molar-refractivity contribution is 5.93. The summed E-state index contributed by atoms with van der Waals surface area (Å²) in [5.74, 6) is 0.0893. The minimum absolute atomic E-state index is 0.115. The lowest BCUT2D eigenvalue weighted by molar-refractivity contribution is -0.120. The van der Waals surface area contributed by atoms with Crippen LogP contribution in [-0.4, -0.2) is 18.0 Å². The molecule has 1 amide bonds. The summed E-state index contributed by atoms with van der Waals surface area (Å²) in [5, 5.41) is 2.76. The van der Waals surface area contributed by atoms with E-state index in [1.165, 1.54) is 0 Å². The normalized spacial score (nSPS) is 10.5. The summed E-state index contributed by atoms with van der Waals surface area (Å²) in [6.07, 6.45) is 1.47. The van der Waals surface area contributed by atoms with Crippen LogP contribution in [0.3, 0.4) is 0 Å². The first-order valence-electron chi connectivity index (χ1n) is 7.14. The number of furan rings is 1. The Morgan fingerprint density at radius 2 is 1.95 bits per heavy atom. The first-order valence-corrected chi connectivity index (χ1v) is 7.14. The highest BCUT2D eigenvalue weighted by Gasteiger charge is 2.15. The molecule has 0 saturated heterocycles. The van der Waals surface area contributed by atoms with Crippen molar-refractivity contribution >= 4 is 11.9 Å². The minimum Gasteiger partial charge on any atom is -0.467 e. The van der Waals surface area contributed by atoms with Crippen molar-refractivity contribution in [2.24, 2.45) is 0 Å². The summed E-state index contributed by atoms with van der Waals surface area (Å²) in [7, 11) is 0. The molecule has 0 saturated carbocycles. The highest BCUT2D eigenvalue weighted by Crippen LogP contribution is 2.12. The molecule has 22 heavy (non-hydrogen) atoms. The number of hydrogen-bond acceptors (Lipinski definition) is 4. The van der Waals surface area contributed by atoms with Gasteiger partial charge in [0.05, 0.1) is 30.9 Å². The van der Waals surface area contributed by atoms with Gasteiger partial charge in [-0.3, -0.25) is 4.79 Å². The zero-order valence-corrected chi connectivity index (χ0v) is 12.7. The molecule has 0 bridgehead atoms. The number of hydrogen-bond donors (Lipinski definition) is 1. The van der Waals surface area contributed by atoms with Gasteiger partial charge >= 0.3 is 5.97 Å². The molecule has 0 aliphatic rings. The first kappa shape index (κ1) is 15.8. The largest absolute Gasteiger partial charge is 0.467 e. The molecule has 0 unspecified atom stereocenters. The minimum atomic E-state index is -0.413. The molecule has 1 heterocycles. The maximum atomic E-state index is 12.0. The molecule has 0 spiro atoms. The van der Waals surface area contributed by atoms with Crippen molar-refractivity contribution < 1.29 is 18.7 Å². The third kappa shape index (κ3) is 4.48. The predicted molar refractivity (Wildman–Crippen MR) is 81.3 cm³/mol. The van der Waals surface area contributed by atoms with E-state index in [0.29, 0.717) is 23.4 Å². The fourth-order valence-electron chi connectivity index (χ4n) is 1.99. The Balaban J connectivity index is 1.99. The zero-order chi connectivity index (χ0) is 15.9. The summed E-state index contributed by atoms with van der Waals surface area (Å²) in [5.41, 5.74) is 1.06. The van der Waals surface area contributed by atoms with Gasteiger partial charge in [0, 0.05) is 0 Å². The number of benzene rings is 1. The topological polar surface area (TPSA) is 68.5 Å². The van der Waals surface area contributed by atoms with Gasteiger partial charge in [-0.05, 0) is 37.6 Å². The van der Waals surface area contributed by atoms with E-state index in [4.69, 9.17) is 9.15 Å². The molecule has 5 nitrogen and oxygen atoms in total. The van der Waals surface area contributed by atoms with E-state index >= 15 is 0 Å². The van der Waals surface area contributed by atoms with E-state index in [0.717, 1.165) is 0 Å². The number of ether oxygens (including phenoxy) is 1. The molecule has 2 aromatic rings. The van der Waals surface area contributed by atoms with E-state index in [1.54, 1.807) is 56.5 Å². The average molecular weight is 301 g/mol. The van der Waals surface area contributed by atoms with Gasteiger partial charge in [0.25, 0.3) is 0 Å². The van der Waals surface area contributed by atoms with Gasteiger partial charge < -0.3 is 14.5 Å². The highest BCUT2D eigenvalue weighted by atomic mass is 16.5. The summed E-state index contributed by atoms with van der Waals surface area (Å²) in [6.45, 7) is 3.90. The summed E-state index contributed by atoms with van der Waals surface area (Å²) < 4.78 is 10.3. The lowest BCUT2D eigenvalue weighted by Gasteiger charge is -2.11. The van der Waals surface area contributed by atoms with Crippen LogP contribution in [0.4, 0.5) is 0 Å². The number of carbonyl (C=O) groups is 2. The third-order valence-electron chi connectivity index (χ3n) is 2.97. The molecule has 1 aromatic heterocycles. The fourth-order valence-corrected chi connectivity index (χ4v) is 1.99. The lowest BCUT2D eigenvalue weighted by Crippen LogP contribution is -2.25. The molecule has 0 radical (unpaired) electrons. The Kier molecular flexibility index (Phi) is 5.36. The van der Waals surface area contributed by atoms with Crippen molar-refractivity contribution in [2.75, 3.05) is 0 Å². The molecule has 1 N–H and O–H groups in total. The molecule has 5 heteroatoms. The van der Waals surface area contributed by atoms with Crippen LogP contribution in [0.5, 0.6) is 0 Å². The van der Waals surface area contributed by atoms with Crippen LogP contribution in [0.1, 0.15) is 35.5 Å². The Morgan fingerprint density at radius 3 is 2.64 bits per heavy atom. The Morgan fingerprint density at radius 1 is 1.18 bits per heavy atom. The van der Waals surface area contributed by atoms with Crippen LogP contribution in [0.15, 0.2) is 47.1 Å². The van der Waals surface area contributed by atoms with Crippen LogP contribution < -0.4 is 5.32 Å². The molecule has 0 aliphatic heterocycles. The number of amides is 1. The van der Waals surface area contributed by atoms with Crippen LogP contribution >= 0.6 is 0 Å². The van der Waals surface area contributed by atoms with Gasteiger partial charge in [-0.2, -0.15) is 0 Å². The first-order chi connectivity index (χ1) is 10.6.